The van der Waals surface area contributed by atoms with Crippen LogP contribution in [0.4, 0.5) is 10.1 Å². The Hall–Kier alpha value is -3.46. The Bertz CT molecular complexity index is 1220. The maximum Gasteiger partial charge on any atom is 0.261 e. The molecular weight excluding hydrogens is 411 g/mol. The predicted molar refractivity (Wildman–Crippen MR) is 106 cm³/mol. The molecule has 0 saturated carbocycles. The average molecular weight is 428 g/mol. The molecule has 7 nitrogen and oxygen atoms in total. The van der Waals surface area contributed by atoms with Gasteiger partial charge in [0, 0.05) is 12.1 Å². The molecule has 0 unspecified atom stereocenters. The second-order valence-corrected chi connectivity index (χ2v) is 8.78. The highest BCUT2D eigenvalue weighted by atomic mass is 32.2. The van der Waals surface area contributed by atoms with Crippen LogP contribution in [0.5, 0.6) is 0 Å². The quantitative estimate of drug-likeness (QED) is 0.689. The second-order valence-electron chi connectivity index (χ2n) is 6.70. The zero-order valence-corrected chi connectivity index (χ0v) is 16.5. The number of furan rings is 1. The molecule has 0 saturated heterocycles. The van der Waals surface area contributed by atoms with Crippen LogP contribution in [0.15, 0.2) is 70.2 Å². The number of hydrogen-bond donors (Lipinski definition) is 1. The summed E-state index contributed by atoms with van der Waals surface area (Å²) in [5.74, 6) is -1.57. The fourth-order valence-electron chi connectivity index (χ4n) is 3.25. The van der Waals surface area contributed by atoms with Crippen LogP contribution in [0.1, 0.15) is 26.5 Å². The number of fused-ring (bicyclic) bond motifs is 1. The Labute approximate surface area is 172 Å². The SMILES string of the molecule is O=C(NCc1ccco1)c1ccc2c(c1)N(C(=O)c1ccccc1F)CCS2(=O)=O. The van der Waals surface area contributed by atoms with E-state index in [0.717, 1.165) is 6.07 Å². The average Bonchev–Trinajstić information content (AvgIpc) is 3.25. The van der Waals surface area contributed by atoms with E-state index < -0.39 is 27.5 Å². The minimum absolute atomic E-state index is 0.0557. The van der Waals surface area contributed by atoms with E-state index in [0.29, 0.717) is 5.76 Å². The summed E-state index contributed by atoms with van der Waals surface area (Å²) in [6.45, 7) is 0.0130. The van der Waals surface area contributed by atoms with Crippen molar-refractivity contribution in [2.75, 3.05) is 17.2 Å². The number of rotatable bonds is 4. The fourth-order valence-corrected chi connectivity index (χ4v) is 4.65. The van der Waals surface area contributed by atoms with Gasteiger partial charge < -0.3 is 14.6 Å². The lowest BCUT2D eigenvalue weighted by Gasteiger charge is -2.29. The Morgan fingerprint density at radius 2 is 1.90 bits per heavy atom. The van der Waals surface area contributed by atoms with Crippen LogP contribution >= 0.6 is 0 Å². The summed E-state index contributed by atoms with van der Waals surface area (Å²) < 4.78 is 44.3. The van der Waals surface area contributed by atoms with Crippen molar-refractivity contribution in [2.24, 2.45) is 0 Å². The normalized spacial score (nSPS) is 14.8. The van der Waals surface area contributed by atoms with E-state index in [1.54, 1.807) is 12.1 Å². The highest BCUT2D eigenvalue weighted by Gasteiger charge is 2.33. The van der Waals surface area contributed by atoms with Gasteiger partial charge in [-0.2, -0.15) is 0 Å². The first-order valence-electron chi connectivity index (χ1n) is 9.10. The lowest BCUT2D eigenvalue weighted by Crippen LogP contribution is -2.40. The molecule has 2 heterocycles. The van der Waals surface area contributed by atoms with Gasteiger partial charge in [-0.1, -0.05) is 12.1 Å². The van der Waals surface area contributed by atoms with Crippen LogP contribution in [0.3, 0.4) is 0 Å². The summed E-state index contributed by atoms with van der Waals surface area (Å²) in [6.07, 6.45) is 1.48. The molecule has 0 aliphatic carbocycles. The minimum atomic E-state index is -3.63. The molecule has 4 rings (SSSR count). The maximum absolute atomic E-state index is 14.1. The molecule has 3 aromatic rings. The van der Waals surface area contributed by atoms with Crippen molar-refractivity contribution in [3.63, 3.8) is 0 Å². The van der Waals surface area contributed by atoms with Gasteiger partial charge in [0.05, 0.1) is 34.7 Å². The molecule has 0 fully saturated rings. The Morgan fingerprint density at radius 3 is 2.63 bits per heavy atom. The van der Waals surface area contributed by atoms with E-state index in [2.05, 4.69) is 5.32 Å². The number of carbonyl (C=O) groups excluding carboxylic acids is 2. The van der Waals surface area contributed by atoms with Gasteiger partial charge in [0.25, 0.3) is 11.8 Å². The van der Waals surface area contributed by atoms with Gasteiger partial charge in [0.15, 0.2) is 9.84 Å². The Balaban J connectivity index is 1.68. The van der Waals surface area contributed by atoms with Crippen LogP contribution in [-0.4, -0.2) is 32.5 Å². The summed E-state index contributed by atoms with van der Waals surface area (Å²) in [5.41, 5.74) is 0.0549. The Kier molecular flexibility index (Phi) is 5.13. The molecule has 30 heavy (non-hydrogen) atoms. The predicted octanol–water partition coefficient (Wildman–Crippen LogP) is 2.78. The summed E-state index contributed by atoms with van der Waals surface area (Å²) >= 11 is 0. The molecule has 0 bridgehead atoms. The van der Waals surface area contributed by atoms with Crippen LogP contribution in [-0.2, 0) is 16.4 Å². The van der Waals surface area contributed by atoms with Crippen molar-refractivity contribution >= 4 is 27.3 Å². The number of amides is 2. The minimum Gasteiger partial charge on any atom is -0.467 e. The first kappa shape index (κ1) is 19.8. The number of nitrogens with one attached hydrogen (secondary N) is 1. The summed E-state index contributed by atoms with van der Waals surface area (Å²) in [5, 5.41) is 2.67. The molecule has 0 atom stereocenters. The first-order chi connectivity index (χ1) is 14.4. The van der Waals surface area contributed by atoms with Crippen LogP contribution in [0, 0.1) is 5.82 Å². The van der Waals surface area contributed by atoms with Crippen LogP contribution in [0.2, 0.25) is 0 Å². The smallest absolute Gasteiger partial charge is 0.261 e. The molecule has 2 amide bonds. The summed E-state index contributed by atoms with van der Waals surface area (Å²) in [4.78, 5) is 26.6. The summed E-state index contributed by atoms with van der Waals surface area (Å²) in [7, 11) is -3.63. The second kappa shape index (κ2) is 7.75. The number of halogens is 1. The molecule has 1 N–H and O–H groups in total. The number of sulfone groups is 1. The van der Waals surface area contributed by atoms with E-state index in [9.17, 15) is 22.4 Å². The third-order valence-corrected chi connectivity index (χ3v) is 6.52. The lowest BCUT2D eigenvalue weighted by atomic mass is 10.1. The van der Waals surface area contributed by atoms with Crippen molar-refractivity contribution in [1.82, 2.24) is 5.32 Å². The zero-order valence-electron chi connectivity index (χ0n) is 15.7. The van der Waals surface area contributed by atoms with Gasteiger partial charge in [-0.3, -0.25) is 9.59 Å². The monoisotopic (exact) mass is 428 g/mol. The first-order valence-corrected chi connectivity index (χ1v) is 10.8. The van der Waals surface area contributed by atoms with Crippen LogP contribution < -0.4 is 10.2 Å². The molecule has 0 spiro atoms. The maximum atomic E-state index is 14.1. The molecule has 154 valence electrons. The zero-order chi connectivity index (χ0) is 21.3. The van der Waals surface area contributed by atoms with Gasteiger partial charge in [-0.25, -0.2) is 12.8 Å². The Morgan fingerprint density at radius 1 is 1.10 bits per heavy atom. The molecule has 1 aromatic heterocycles. The van der Waals surface area contributed by atoms with Crippen molar-refractivity contribution in [2.45, 2.75) is 11.4 Å². The number of nitrogens with zero attached hydrogens (tertiary/aromatic N) is 1. The van der Waals surface area contributed by atoms with E-state index in [4.69, 9.17) is 4.42 Å². The molecular formula is C21H17FN2O5S. The molecule has 1 aliphatic rings. The van der Waals surface area contributed by atoms with Gasteiger partial charge in [-0.05, 0) is 42.5 Å². The molecule has 0 radical (unpaired) electrons. The number of anilines is 1. The third-order valence-electron chi connectivity index (χ3n) is 4.78. The number of benzene rings is 2. The van der Waals surface area contributed by atoms with Crippen molar-refractivity contribution in [3.05, 3.63) is 83.6 Å². The van der Waals surface area contributed by atoms with Gasteiger partial charge in [0.1, 0.15) is 11.6 Å². The highest BCUT2D eigenvalue weighted by molar-refractivity contribution is 7.91. The van der Waals surface area contributed by atoms with Crippen molar-refractivity contribution in [1.29, 1.82) is 0 Å². The summed E-state index contributed by atoms with van der Waals surface area (Å²) in [6, 6.07) is 12.9. The van der Waals surface area contributed by atoms with Gasteiger partial charge in [0.2, 0.25) is 0 Å². The topological polar surface area (TPSA) is 96.7 Å². The fraction of sp³-hybridized carbons (Fsp3) is 0.143. The van der Waals surface area contributed by atoms with E-state index in [-0.39, 0.29) is 40.6 Å². The van der Waals surface area contributed by atoms with E-state index in [1.165, 1.54) is 47.6 Å². The number of carbonyl (C=O) groups is 2. The largest absolute Gasteiger partial charge is 0.467 e. The van der Waals surface area contributed by atoms with Gasteiger partial charge in [-0.15, -0.1) is 0 Å². The van der Waals surface area contributed by atoms with Crippen molar-refractivity contribution in [3.8, 4) is 0 Å². The third kappa shape index (κ3) is 3.71. The highest BCUT2D eigenvalue weighted by Crippen LogP contribution is 2.33. The van der Waals surface area contributed by atoms with Crippen LogP contribution in [0.25, 0.3) is 0 Å². The lowest BCUT2D eigenvalue weighted by molar-refractivity contribution is 0.0944. The van der Waals surface area contributed by atoms with Crippen molar-refractivity contribution < 1.29 is 26.8 Å². The standard InChI is InChI=1S/C21H17FN2O5S/c22-17-6-2-1-5-16(17)21(26)24-9-11-30(27,28)19-8-7-14(12-18(19)24)20(25)23-13-15-4-3-10-29-15/h1-8,10,12H,9,11,13H2,(H,23,25). The van der Waals surface area contributed by atoms with E-state index in [1.807, 2.05) is 0 Å². The molecule has 9 heteroatoms. The van der Waals surface area contributed by atoms with Gasteiger partial charge >= 0.3 is 0 Å². The molecule has 1 aliphatic heterocycles. The van der Waals surface area contributed by atoms with E-state index >= 15 is 0 Å². The molecule has 2 aromatic carbocycles. The number of hydrogen-bond acceptors (Lipinski definition) is 5.